The number of thiazole rings is 1. The summed E-state index contributed by atoms with van der Waals surface area (Å²) < 4.78 is 2.01. The maximum atomic E-state index is 12.8. The number of aromatic nitrogens is 1. The Labute approximate surface area is 141 Å². The van der Waals surface area contributed by atoms with E-state index >= 15 is 0 Å². The third-order valence-corrected chi connectivity index (χ3v) is 7.26. The Kier molecular flexibility index (Phi) is 2.79. The highest BCUT2D eigenvalue weighted by molar-refractivity contribution is 8.00. The fourth-order valence-electron chi connectivity index (χ4n) is 4.28. The molecule has 1 saturated carbocycles. The average Bonchev–Trinajstić information content (AvgIpc) is 3.29. The smallest absolute Gasteiger partial charge is 0.238 e. The van der Waals surface area contributed by atoms with Gasteiger partial charge in [-0.2, -0.15) is 0 Å². The van der Waals surface area contributed by atoms with Crippen LogP contribution in [0.3, 0.4) is 0 Å². The summed E-state index contributed by atoms with van der Waals surface area (Å²) in [4.78, 5) is 31.6. The number of anilines is 1. The van der Waals surface area contributed by atoms with Gasteiger partial charge in [-0.1, -0.05) is 23.9 Å². The molecule has 1 aliphatic heterocycles. The molecule has 3 aliphatic rings. The van der Waals surface area contributed by atoms with Gasteiger partial charge >= 0.3 is 0 Å². The van der Waals surface area contributed by atoms with E-state index < -0.39 is 0 Å². The Bertz CT molecular complexity index is 858. The first-order valence-electron chi connectivity index (χ1n) is 7.68. The SMILES string of the molecule is CSc1nc2ccc(N3C(=O)[C@H]4[C@H](C3=O)[C@H]3C=C[C@H]4C3)cc2s1. The molecule has 2 aromatic rings. The molecule has 2 amide bonds. The number of nitrogens with zero attached hydrogens (tertiary/aromatic N) is 2. The molecule has 116 valence electrons. The second kappa shape index (κ2) is 4.68. The first-order chi connectivity index (χ1) is 11.2. The minimum atomic E-state index is -0.142. The van der Waals surface area contributed by atoms with Crippen molar-refractivity contribution < 1.29 is 9.59 Å². The summed E-state index contributed by atoms with van der Waals surface area (Å²) in [5, 5.41) is 0. The highest BCUT2D eigenvalue weighted by Crippen LogP contribution is 2.53. The topological polar surface area (TPSA) is 50.3 Å². The van der Waals surface area contributed by atoms with Gasteiger partial charge in [0.25, 0.3) is 0 Å². The van der Waals surface area contributed by atoms with E-state index in [4.69, 9.17) is 0 Å². The molecule has 2 aliphatic carbocycles. The molecule has 1 aromatic carbocycles. The molecule has 4 nitrogen and oxygen atoms in total. The summed E-state index contributed by atoms with van der Waals surface area (Å²) in [6.07, 6.45) is 7.21. The number of hydrogen-bond acceptors (Lipinski definition) is 5. The van der Waals surface area contributed by atoms with Crippen LogP contribution in [-0.2, 0) is 9.59 Å². The van der Waals surface area contributed by atoms with Gasteiger partial charge in [-0.05, 0) is 42.7 Å². The molecule has 1 saturated heterocycles. The van der Waals surface area contributed by atoms with Crippen LogP contribution in [-0.4, -0.2) is 23.1 Å². The molecular weight excluding hydrogens is 328 g/mol. The van der Waals surface area contributed by atoms with Crippen LogP contribution in [0.25, 0.3) is 10.2 Å². The summed E-state index contributed by atoms with van der Waals surface area (Å²) in [5.41, 5.74) is 1.61. The van der Waals surface area contributed by atoms with Gasteiger partial charge in [0.2, 0.25) is 11.8 Å². The van der Waals surface area contributed by atoms with Crippen LogP contribution in [0.2, 0.25) is 0 Å². The normalized spacial score (nSPS) is 31.6. The van der Waals surface area contributed by atoms with E-state index in [0.717, 1.165) is 21.0 Å². The number of hydrogen-bond donors (Lipinski definition) is 0. The van der Waals surface area contributed by atoms with Crippen molar-refractivity contribution in [3.05, 3.63) is 30.4 Å². The number of carbonyl (C=O) groups excluding carboxylic acids is 2. The third-order valence-electron chi connectivity index (χ3n) is 5.26. The number of thioether (sulfide) groups is 1. The predicted octanol–water partition coefficient (Wildman–Crippen LogP) is 3.33. The Morgan fingerprint density at radius 1 is 1.17 bits per heavy atom. The average molecular weight is 342 g/mol. The molecule has 2 fully saturated rings. The predicted molar refractivity (Wildman–Crippen MR) is 91.6 cm³/mol. The van der Waals surface area contributed by atoms with Crippen molar-refractivity contribution in [2.24, 2.45) is 23.7 Å². The van der Waals surface area contributed by atoms with Crippen molar-refractivity contribution in [1.29, 1.82) is 0 Å². The van der Waals surface area contributed by atoms with E-state index in [1.54, 1.807) is 23.1 Å². The quantitative estimate of drug-likeness (QED) is 0.477. The Balaban J connectivity index is 1.57. The van der Waals surface area contributed by atoms with Gasteiger partial charge in [0, 0.05) is 0 Å². The molecule has 5 rings (SSSR count). The maximum absolute atomic E-state index is 12.8. The molecule has 0 spiro atoms. The number of fused-ring (bicyclic) bond motifs is 6. The molecule has 0 N–H and O–H groups in total. The first kappa shape index (κ1) is 13.7. The van der Waals surface area contributed by atoms with Gasteiger partial charge in [-0.25, -0.2) is 9.88 Å². The highest BCUT2D eigenvalue weighted by atomic mass is 32.2. The van der Waals surface area contributed by atoms with Gasteiger partial charge < -0.3 is 0 Å². The van der Waals surface area contributed by atoms with Crippen molar-refractivity contribution in [3.8, 4) is 0 Å². The lowest BCUT2D eigenvalue weighted by molar-refractivity contribution is -0.123. The van der Waals surface area contributed by atoms with Crippen LogP contribution in [0.4, 0.5) is 5.69 Å². The Morgan fingerprint density at radius 3 is 2.52 bits per heavy atom. The second-order valence-corrected chi connectivity index (χ2v) is 8.43. The molecular formula is C17H14N2O2S2. The van der Waals surface area contributed by atoms with Crippen molar-refractivity contribution in [1.82, 2.24) is 4.98 Å². The van der Waals surface area contributed by atoms with E-state index in [0.29, 0.717) is 5.69 Å². The van der Waals surface area contributed by atoms with E-state index in [9.17, 15) is 9.59 Å². The minimum absolute atomic E-state index is 0.0224. The lowest BCUT2D eigenvalue weighted by atomic mass is 9.85. The summed E-state index contributed by atoms with van der Waals surface area (Å²) in [5.74, 6) is 0.174. The number of amides is 2. The third kappa shape index (κ3) is 1.76. The van der Waals surface area contributed by atoms with E-state index in [1.165, 1.54) is 4.90 Å². The number of benzene rings is 1. The summed E-state index contributed by atoms with van der Waals surface area (Å²) in [6, 6.07) is 5.68. The lowest BCUT2D eigenvalue weighted by Crippen LogP contribution is -2.32. The summed E-state index contributed by atoms with van der Waals surface area (Å²) in [6.45, 7) is 0. The molecule has 2 bridgehead atoms. The van der Waals surface area contributed by atoms with Gasteiger partial charge in [-0.3, -0.25) is 9.59 Å². The van der Waals surface area contributed by atoms with Crippen LogP contribution >= 0.6 is 23.1 Å². The maximum Gasteiger partial charge on any atom is 0.238 e. The van der Waals surface area contributed by atoms with Crippen molar-refractivity contribution >= 4 is 50.8 Å². The number of allylic oxidation sites excluding steroid dienone is 2. The van der Waals surface area contributed by atoms with Gasteiger partial charge in [0.15, 0.2) is 4.34 Å². The van der Waals surface area contributed by atoms with Crippen LogP contribution in [0.15, 0.2) is 34.7 Å². The molecule has 0 radical (unpaired) electrons. The fraction of sp³-hybridized carbons (Fsp3) is 0.353. The highest BCUT2D eigenvalue weighted by Gasteiger charge is 2.59. The fourth-order valence-corrected chi connectivity index (χ4v) is 5.80. The summed E-state index contributed by atoms with van der Waals surface area (Å²) in [7, 11) is 0. The molecule has 23 heavy (non-hydrogen) atoms. The van der Waals surface area contributed by atoms with E-state index in [2.05, 4.69) is 17.1 Å². The molecule has 1 aromatic heterocycles. The van der Waals surface area contributed by atoms with Crippen molar-refractivity contribution in [2.75, 3.05) is 11.2 Å². The number of imide groups is 1. The van der Waals surface area contributed by atoms with E-state index in [-0.39, 0.29) is 35.5 Å². The number of rotatable bonds is 2. The largest absolute Gasteiger partial charge is 0.274 e. The van der Waals surface area contributed by atoms with Gasteiger partial charge in [0.1, 0.15) is 0 Å². The Hall–Kier alpha value is -1.66. The van der Waals surface area contributed by atoms with Crippen molar-refractivity contribution in [3.63, 3.8) is 0 Å². The molecule has 2 heterocycles. The van der Waals surface area contributed by atoms with E-state index in [1.807, 2.05) is 24.5 Å². The van der Waals surface area contributed by atoms with Crippen LogP contribution in [0, 0.1) is 23.7 Å². The zero-order valence-corrected chi connectivity index (χ0v) is 14.1. The van der Waals surface area contributed by atoms with Crippen molar-refractivity contribution in [2.45, 2.75) is 10.8 Å². The standard InChI is InChI=1S/C17H14N2O2S2/c1-22-17-18-11-5-4-10(7-12(11)23-17)19-15(20)13-8-2-3-9(6-8)14(13)16(19)21/h2-5,7-9,13-14H,6H2,1H3/t8-,9-,13+,14+/m0/s1. The monoisotopic (exact) mass is 342 g/mol. The first-order valence-corrected chi connectivity index (χ1v) is 9.72. The van der Waals surface area contributed by atoms with Crippen LogP contribution in [0.1, 0.15) is 6.42 Å². The van der Waals surface area contributed by atoms with Crippen LogP contribution in [0.5, 0.6) is 0 Å². The van der Waals surface area contributed by atoms with Gasteiger partial charge in [0.05, 0.1) is 27.7 Å². The molecule has 6 heteroatoms. The lowest BCUT2D eigenvalue weighted by Gasteiger charge is -2.17. The summed E-state index contributed by atoms with van der Waals surface area (Å²) >= 11 is 3.21. The second-order valence-electron chi connectivity index (χ2n) is 6.35. The minimum Gasteiger partial charge on any atom is -0.274 e. The molecule has 4 atom stereocenters. The van der Waals surface area contributed by atoms with Gasteiger partial charge in [-0.15, -0.1) is 11.3 Å². The zero-order chi connectivity index (χ0) is 15.7. The Morgan fingerprint density at radius 2 is 1.87 bits per heavy atom. The zero-order valence-electron chi connectivity index (χ0n) is 12.4. The molecule has 0 unspecified atom stereocenters. The van der Waals surface area contributed by atoms with Crippen LogP contribution < -0.4 is 4.90 Å². The number of carbonyl (C=O) groups is 2.